The van der Waals surface area contributed by atoms with Gasteiger partial charge in [0.2, 0.25) is 0 Å². The van der Waals surface area contributed by atoms with Crippen molar-refractivity contribution in [2.45, 2.75) is 39.0 Å². The number of ether oxygens (including phenoxy) is 1. The molecule has 0 bridgehead atoms. The normalized spacial score (nSPS) is 16.2. The van der Waals surface area contributed by atoms with E-state index in [4.69, 9.17) is 4.74 Å². The fourth-order valence-corrected chi connectivity index (χ4v) is 5.42. The molecule has 1 aliphatic rings. The molecule has 4 aromatic rings. The molecule has 36 heavy (non-hydrogen) atoms. The van der Waals surface area contributed by atoms with Crippen molar-refractivity contribution in [1.82, 2.24) is 14.1 Å². The maximum Gasteiger partial charge on any atom is 0.416 e. The average molecular weight is 497 g/mol. The molecular formula is C27H27F3N4O2. The second-order valence-electron chi connectivity index (χ2n) is 9.23. The summed E-state index contributed by atoms with van der Waals surface area (Å²) in [7, 11) is 1.50. The first kappa shape index (κ1) is 24.0. The Morgan fingerprint density at radius 2 is 1.78 bits per heavy atom. The molecule has 5 rings (SSSR count). The summed E-state index contributed by atoms with van der Waals surface area (Å²) in [5.74, 6) is 0.448. The number of benzene rings is 2. The molecule has 0 saturated carbocycles. The average Bonchev–Trinajstić information content (AvgIpc) is 3.41. The van der Waals surface area contributed by atoms with Gasteiger partial charge in [0.1, 0.15) is 11.3 Å². The Labute approximate surface area is 206 Å². The van der Waals surface area contributed by atoms with E-state index < -0.39 is 11.7 Å². The molecule has 2 aromatic heterocycles. The van der Waals surface area contributed by atoms with Crippen LogP contribution in [0.3, 0.4) is 0 Å². The van der Waals surface area contributed by atoms with E-state index in [1.807, 2.05) is 32.3 Å². The van der Waals surface area contributed by atoms with Crippen molar-refractivity contribution in [2.75, 3.05) is 25.1 Å². The zero-order valence-electron chi connectivity index (χ0n) is 20.3. The minimum Gasteiger partial charge on any atom is -0.494 e. The van der Waals surface area contributed by atoms with E-state index in [1.54, 1.807) is 22.8 Å². The van der Waals surface area contributed by atoms with Gasteiger partial charge in [0.25, 0.3) is 0 Å². The van der Waals surface area contributed by atoms with Crippen LogP contribution in [0, 0.1) is 13.8 Å². The lowest BCUT2D eigenvalue weighted by molar-refractivity contribution is -0.138. The molecule has 0 spiro atoms. The predicted octanol–water partition coefficient (Wildman–Crippen LogP) is 5.34. The number of anilines is 1. The molecule has 1 atom stereocenters. The van der Waals surface area contributed by atoms with Crippen LogP contribution in [0.4, 0.5) is 18.9 Å². The molecule has 0 radical (unpaired) electrons. The Balaban J connectivity index is 1.61. The number of halogens is 3. The van der Waals surface area contributed by atoms with Crippen molar-refractivity contribution in [3.63, 3.8) is 0 Å². The van der Waals surface area contributed by atoms with Crippen LogP contribution in [0.2, 0.25) is 0 Å². The summed E-state index contributed by atoms with van der Waals surface area (Å²) >= 11 is 0. The van der Waals surface area contributed by atoms with E-state index in [0.29, 0.717) is 23.3 Å². The van der Waals surface area contributed by atoms with Crippen molar-refractivity contribution >= 4 is 16.7 Å². The highest BCUT2D eigenvalue weighted by atomic mass is 19.4. The van der Waals surface area contributed by atoms with Gasteiger partial charge in [-0.05, 0) is 55.2 Å². The fraction of sp³-hybridized carbons (Fsp3) is 0.333. The minimum atomic E-state index is -4.52. The van der Waals surface area contributed by atoms with Crippen LogP contribution in [0.25, 0.3) is 11.0 Å². The summed E-state index contributed by atoms with van der Waals surface area (Å²) in [6, 6.07) is 10.6. The number of hydrogen-bond acceptors (Lipinski definition) is 4. The predicted molar refractivity (Wildman–Crippen MR) is 133 cm³/mol. The highest BCUT2D eigenvalue weighted by Gasteiger charge is 2.34. The molecule has 0 aliphatic carbocycles. The molecule has 188 valence electrons. The van der Waals surface area contributed by atoms with Crippen molar-refractivity contribution in [1.29, 1.82) is 0 Å². The van der Waals surface area contributed by atoms with Gasteiger partial charge in [0.05, 0.1) is 30.8 Å². The van der Waals surface area contributed by atoms with E-state index in [9.17, 15) is 18.0 Å². The SMILES string of the molecule is COc1cccc2c1n(Cc1ccccc1C(F)(F)F)c(=O)n2[C@@H]1CCN(c2c(C)cncc2C)C1. The number of pyridine rings is 1. The van der Waals surface area contributed by atoms with E-state index in [1.165, 1.54) is 23.8 Å². The zero-order chi connectivity index (χ0) is 25.6. The van der Waals surface area contributed by atoms with Crippen LogP contribution in [-0.2, 0) is 12.7 Å². The van der Waals surface area contributed by atoms with E-state index >= 15 is 0 Å². The van der Waals surface area contributed by atoms with Gasteiger partial charge in [-0.2, -0.15) is 13.2 Å². The molecule has 0 unspecified atom stereocenters. The van der Waals surface area contributed by atoms with Crippen LogP contribution in [0.5, 0.6) is 5.75 Å². The fourth-order valence-electron chi connectivity index (χ4n) is 5.42. The van der Waals surface area contributed by atoms with Gasteiger partial charge in [-0.1, -0.05) is 24.3 Å². The highest BCUT2D eigenvalue weighted by Crippen LogP contribution is 2.36. The number of para-hydroxylation sites is 1. The summed E-state index contributed by atoms with van der Waals surface area (Å²) in [5.41, 5.74) is 3.33. The Morgan fingerprint density at radius 3 is 2.47 bits per heavy atom. The molecule has 1 aliphatic heterocycles. The lowest BCUT2D eigenvalue weighted by Crippen LogP contribution is -2.30. The molecule has 2 aromatic carbocycles. The Bertz CT molecular complexity index is 1470. The number of aryl methyl sites for hydroxylation is 2. The third-order valence-electron chi connectivity index (χ3n) is 6.94. The summed E-state index contributed by atoms with van der Waals surface area (Å²) in [5, 5.41) is 0. The number of hydrogen-bond donors (Lipinski definition) is 0. The number of methoxy groups -OCH3 is 1. The molecule has 1 fully saturated rings. The number of rotatable bonds is 5. The first-order valence-corrected chi connectivity index (χ1v) is 11.8. The summed E-state index contributed by atoms with van der Waals surface area (Å²) < 4.78 is 49.8. The molecule has 0 N–H and O–H groups in total. The van der Waals surface area contributed by atoms with Gasteiger partial charge in [0, 0.05) is 31.2 Å². The number of imidazole rings is 1. The molecule has 1 saturated heterocycles. The lowest BCUT2D eigenvalue weighted by atomic mass is 10.1. The van der Waals surface area contributed by atoms with Gasteiger partial charge in [0.15, 0.2) is 0 Å². The third kappa shape index (κ3) is 4.02. The van der Waals surface area contributed by atoms with E-state index in [0.717, 1.165) is 35.8 Å². The van der Waals surface area contributed by atoms with Gasteiger partial charge in [-0.3, -0.25) is 14.1 Å². The molecule has 9 heteroatoms. The number of alkyl halides is 3. The maximum absolute atomic E-state index is 13.8. The Kier molecular flexibility index (Phi) is 6.02. The molecule has 0 amide bonds. The molecular weight excluding hydrogens is 469 g/mol. The zero-order valence-corrected chi connectivity index (χ0v) is 20.3. The third-order valence-corrected chi connectivity index (χ3v) is 6.94. The van der Waals surface area contributed by atoms with Gasteiger partial charge in [-0.25, -0.2) is 4.79 Å². The number of aromatic nitrogens is 3. The largest absolute Gasteiger partial charge is 0.494 e. The second kappa shape index (κ2) is 9.04. The summed E-state index contributed by atoms with van der Waals surface area (Å²) in [4.78, 5) is 20.4. The van der Waals surface area contributed by atoms with Crippen molar-refractivity contribution in [3.05, 3.63) is 87.6 Å². The maximum atomic E-state index is 13.8. The van der Waals surface area contributed by atoms with E-state index in [-0.39, 0.29) is 23.8 Å². The topological polar surface area (TPSA) is 52.3 Å². The van der Waals surface area contributed by atoms with Gasteiger partial charge in [-0.15, -0.1) is 0 Å². The van der Waals surface area contributed by atoms with E-state index in [2.05, 4.69) is 9.88 Å². The van der Waals surface area contributed by atoms with Gasteiger partial charge < -0.3 is 9.64 Å². The summed E-state index contributed by atoms with van der Waals surface area (Å²) in [6.45, 7) is 5.20. The minimum absolute atomic E-state index is 0.0353. The first-order chi connectivity index (χ1) is 17.2. The lowest BCUT2D eigenvalue weighted by Gasteiger charge is -2.23. The smallest absolute Gasteiger partial charge is 0.416 e. The van der Waals surface area contributed by atoms with Crippen LogP contribution >= 0.6 is 0 Å². The monoisotopic (exact) mass is 496 g/mol. The Morgan fingerprint density at radius 1 is 1.06 bits per heavy atom. The van der Waals surface area contributed by atoms with Crippen molar-refractivity contribution < 1.29 is 17.9 Å². The van der Waals surface area contributed by atoms with Crippen molar-refractivity contribution in [3.8, 4) is 5.75 Å². The summed E-state index contributed by atoms with van der Waals surface area (Å²) in [6.07, 6.45) is -0.126. The first-order valence-electron chi connectivity index (χ1n) is 11.8. The standard InChI is InChI=1S/C27H27F3N4O2/c1-17-13-31-14-18(2)24(17)32-12-11-20(16-32)34-22-9-6-10-23(36-3)25(22)33(26(34)35)15-19-7-4-5-8-21(19)27(28,29)30/h4-10,13-14,20H,11-12,15-16H2,1-3H3/t20-/m1/s1. The quantitative estimate of drug-likeness (QED) is 0.374. The second-order valence-corrected chi connectivity index (χ2v) is 9.23. The van der Waals surface area contributed by atoms with Crippen LogP contribution in [0.1, 0.15) is 34.7 Å². The number of fused-ring (bicyclic) bond motifs is 1. The van der Waals surface area contributed by atoms with Crippen LogP contribution in [-0.4, -0.2) is 34.3 Å². The van der Waals surface area contributed by atoms with Crippen LogP contribution < -0.4 is 15.3 Å². The highest BCUT2D eigenvalue weighted by molar-refractivity contribution is 5.83. The molecule has 6 nitrogen and oxygen atoms in total. The molecule has 3 heterocycles. The number of nitrogens with zero attached hydrogens (tertiary/aromatic N) is 4. The van der Waals surface area contributed by atoms with Crippen molar-refractivity contribution in [2.24, 2.45) is 0 Å². The van der Waals surface area contributed by atoms with Crippen LogP contribution in [0.15, 0.2) is 59.7 Å². The van der Waals surface area contributed by atoms with Gasteiger partial charge >= 0.3 is 11.9 Å². The Hall–Kier alpha value is -3.75.